The van der Waals surface area contributed by atoms with E-state index < -0.39 is 36.0 Å². The highest BCUT2D eigenvalue weighted by Gasteiger charge is 2.38. The first-order valence-corrected chi connectivity index (χ1v) is 11.3. The van der Waals surface area contributed by atoms with Crippen molar-refractivity contribution < 1.29 is 29.4 Å². The van der Waals surface area contributed by atoms with Crippen LogP contribution in [-0.2, 0) is 25.6 Å². The highest BCUT2D eigenvalue weighted by atomic mass is 16.4. The third-order valence-corrected chi connectivity index (χ3v) is 5.78. The van der Waals surface area contributed by atoms with E-state index >= 15 is 0 Å². The van der Waals surface area contributed by atoms with E-state index in [9.17, 15) is 29.4 Å². The molecular formula is C23H34N4O6. The summed E-state index contributed by atoms with van der Waals surface area (Å²) in [6.45, 7) is 0.937. The number of likely N-dealkylation sites (tertiary alicyclic amines) is 1. The number of benzene rings is 1. The Morgan fingerprint density at radius 3 is 2.42 bits per heavy atom. The van der Waals surface area contributed by atoms with Gasteiger partial charge in [-0.25, -0.2) is 4.79 Å². The first-order valence-electron chi connectivity index (χ1n) is 11.3. The van der Waals surface area contributed by atoms with Crippen molar-refractivity contribution in [1.82, 2.24) is 15.5 Å². The molecule has 0 aliphatic carbocycles. The Hall–Kier alpha value is -2.98. The molecule has 0 unspecified atom stereocenters. The van der Waals surface area contributed by atoms with Gasteiger partial charge in [0.2, 0.25) is 11.8 Å². The second-order valence-corrected chi connectivity index (χ2v) is 8.30. The molecular weight excluding hydrogens is 428 g/mol. The molecule has 33 heavy (non-hydrogen) atoms. The number of aliphatic carboxylic acids is 2. The lowest BCUT2D eigenvalue weighted by Gasteiger charge is -2.29. The molecule has 1 aromatic carbocycles. The minimum Gasteiger partial charge on any atom is -0.480 e. The number of amides is 2. The Balaban J connectivity index is 2.03. The number of nitrogens with one attached hydrogen (secondary N) is 2. The molecule has 2 rings (SSSR count). The second-order valence-electron chi connectivity index (χ2n) is 8.30. The van der Waals surface area contributed by atoms with Crippen LogP contribution in [-0.4, -0.2) is 76.6 Å². The van der Waals surface area contributed by atoms with Gasteiger partial charge < -0.3 is 26.2 Å². The minimum atomic E-state index is -1.05. The number of nitrogens with two attached hydrogens (primary N) is 1. The maximum atomic E-state index is 13.2. The Kier molecular flexibility index (Phi) is 10.8. The van der Waals surface area contributed by atoms with Gasteiger partial charge in [-0.05, 0) is 50.6 Å². The first kappa shape index (κ1) is 26.3. The molecule has 3 atom stereocenters. The average Bonchev–Trinajstić information content (AvgIpc) is 3.27. The topological polar surface area (TPSA) is 162 Å². The SMILES string of the molecule is NC(=O)CNCCCC[C@H](N[C@@H](CCc1ccccc1)C(=O)O)C(=O)N1CCC[C@H]1C(=O)O. The van der Waals surface area contributed by atoms with E-state index in [1.165, 1.54) is 4.90 Å². The lowest BCUT2D eigenvalue weighted by atomic mass is 10.0. The van der Waals surface area contributed by atoms with Crippen LogP contribution in [0.5, 0.6) is 0 Å². The number of hydrogen-bond acceptors (Lipinski definition) is 6. The van der Waals surface area contributed by atoms with Gasteiger partial charge in [0, 0.05) is 6.54 Å². The molecule has 0 spiro atoms. The summed E-state index contributed by atoms with van der Waals surface area (Å²) < 4.78 is 0. The zero-order valence-corrected chi connectivity index (χ0v) is 18.7. The quantitative estimate of drug-likeness (QED) is 0.233. The number of carboxylic acid groups (broad SMARTS) is 2. The molecule has 1 aliphatic heterocycles. The van der Waals surface area contributed by atoms with Crippen molar-refractivity contribution in [3.8, 4) is 0 Å². The van der Waals surface area contributed by atoms with Crippen LogP contribution in [0.2, 0.25) is 0 Å². The average molecular weight is 463 g/mol. The lowest BCUT2D eigenvalue weighted by Crippen LogP contribution is -2.54. The predicted octanol–water partition coefficient (Wildman–Crippen LogP) is 0.351. The van der Waals surface area contributed by atoms with Crippen molar-refractivity contribution in [3.63, 3.8) is 0 Å². The minimum absolute atomic E-state index is 0.0647. The number of rotatable bonds is 15. The van der Waals surface area contributed by atoms with Crippen LogP contribution in [0, 0.1) is 0 Å². The van der Waals surface area contributed by atoms with Gasteiger partial charge in [-0.15, -0.1) is 0 Å². The largest absolute Gasteiger partial charge is 0.480 e. The molecule has 182 valence electrons. The summed E-state index contributed by atoms with van der Waals surface area (Å²) in [4.78, 5) is 48.9. The van der Waals surface area contributed by atoms with E-state index in [0.29, 0.717) is 58.0 Å². The molecule has 1 heterocycles. The van der Waals surface area contributed by atoms with Crippen LogP contribution in [0.3, 0.4) is 0 Å². The molecule has 10 nitrogen and oxygen atoms in total. The molecule has 1 saturated heterocycles. The fraction of sp³-hybridized carbons (Fsp3) is 0.565. The maximum absolute atomic E-state index is 13.2. The number of unbranched alkanes of at least 4 members (excludes halogenated alkanes) is 1. The standard InChI is InChI=1S/C23H34N4O6/c24-20(28)15-25-13-5-4-9-17(21(29)27-14-6-10-19(27)23(32)33)26-18(22(30)31)12-11-16-7-2-1-3-8-16/h1-3,7-8,17-19,25-26H,4-6,9-15H2,(H2,24,28)(H,30,31)(H,32,33)/t17-,18-,19-/m0/s1. The summed E-state index contributed by atoms with van der Waals surface area (Å²) >= 11 is 0. The molecule has 0 radical (unpaired) electrons. The van der Waals surface area contributed by atoms with Crippen molar-refractivity contribution in [2.24, 2.45) is 5.73 Å². The summed E-state index contributed by atoms with van der Waals surface area (Å²) in [5.41, 5.74) is 6.09. The van der Waals surface area contributed by atoms with Crippen molar-refractivity contribution in [2.45, 2.75) is 63.1 Å². The highest BCUT2D eigenvalue weighted by Crippen LogP contribution is 2.20. The number of primary amides is 1. The van der Waals surface area contributed by atoms with Crippen LogP contribution >= 0.6 is 0 Å². The zero-order chi connectivity index (χ0) is 24.2. The fourth-order valence-electron chi connectivity index (χ4n) is 4.05. The van der Waals surface area contributed by atoms with Crippen molar-refractivity contribution in [1.29, 1.82) is 0 Å². The van der Waals surface area contributed by atoms with Gasteiger partial charge in [0.25, 0.3) is 0 Å². The molecule has 0 aromatic heterocycles. The van der Waals surface area contributed by atoms with E-state index in [-0.39, 0.29) is 12.5 Å². The van der Waals surface area contributed by atoms with Crippen LogP contribution in [0.15, 0.2) is 30.3 Å². The van der Waals surface area contributed by atoms with Crippen LogP contribution in [0.1, 0.15) is 44.1 Å². The van der Waals surface area contributed by atoms with Gasteiger partial charge in [0.1, 0.15) is 12.1 Å². The number of carboxylic acids is 2. The fourth-order valence-corrected chi connectivity index (χ4v) is 4.05. The maximum Gasteiger partial charge on any atom is 0.326 e. The summed E-state index contributed by atoms with van der Waals surface area (Å²) in [6, 6.07) is 6.86. The van der Waals surface area contributed by atoms with E-state index in [0.717, 1.165) is 5.56 Å². The van der Waals surface area contributed by atoms with Gasteiger partial charge in [-0.1, -0.05) is 36.8 Å². The molecule has 2 amide bonds. The first-order chi connectivity index (χ1) is 15.8. The monoisotopic (exact) mass is 462 g/mol. The van der Waals surface area contributed by atoms with Gasteiger partial charge in [0.05, 0.1) is 12.6 Å². The highest BCUT2D eigenvalue weighted by molar-refractivity contribution is 5.88. The molecule has 1 fully saturated rings. The molecule has 1 aromatic rings. The molecule has 6 N–H and O–H groups in total. The van der Waals surface area contributed by atoms with Crippen LogP contribution in [0.4, 0.5) is 0 Å². The normalized spacial score (nSPS) is 17.5. The van der Waals surface area contributed by atoms with Gasteiger partial charge in [-0.3, -0.25) is 19.7 Å². The summed E-state index contributed by atoms with van der Waals surface area (Å²) in [7, 11) is 0. The second kappa shape index (κ2) is 13.5. The number of nitrogens with zero attached hydrogens (tertiary/aromatic N) is 1. The van der Waals surface area contributed by atoms with Crippen molar-refractivity contribution in [3.05, 3.63) is 35.9 Å². The molecule has 0 saturated carbocycles. The third-order valence-electron chi connectivity index (χ3n) is 5.78. The van der Waals surface area contributed by atoms with Gasteiger partial charge in [-0.2, -0.15) is 0 Å². The predicted molar refractivity (Wildman–Crippen MR) is 121 cm³/mol. The Labute approximate surface area is 193 Å². The van der Waals surface area contributed by atoms with E-state index in [4.69, 9.17) is 5.73 Å². The Bertz CT molecular complexity index is 803. The van der Waals surface area contributed by atoms with Crippen LogP contribution in [0.25, 0.3) is 0 Å². The van der Waals surface area contributed by atoms with Crippen LogP contribution < -0.4 is 16.4 Å². The van der Waals surface area contributed by atoms with Gasteiger partial charge >= 0.3 is 11.9 Å². The van der Waals surface area contributed by atoms with E-state index in [1.54, 1.807) is 0 Å². The number of aryl methyl sites for hydroxylation is 1. The Morgan fingerprint density at radius 1 is 1.06 bits per heavy atom. The van der Waals surface area contributed by atoms with Crippen molar-refractivity contribution >= 4 is 23.8 Å². The number of carbonyl (C=O) groups excluding carboxylic acids is 2. The summed E-state index contributed by atoms with van der Waals surface area (Å²) in [5, 5.41) is 25.1. The number of carbonyl (C=O) groups is 4. The lowest BCUT2D eigenvalue weighted by molar-refractivity contribution is -0.149. The number of hydrogen-bond donors (Lipinski definition) is 5. The van der Waals surface area contributed by atoms with E-state index in [2.05, 4.69) is 10.6 Å². The molecule has 10 heteroatoms. The molecule has 1 aliphatic rings. The molecule has 0 bridgehead atoms. The smallest absolute Gasteiger partial charge is 0.326 e. The summed E-state index contributed by atoms with van der Waals surface area (Å²) in [5.74, 6) is -2.94. The summed E-state index contributed by atoms with van der Waals surface area (Å²) in [6.07, 6.45) is 3.42. The van der Waals surface area contributed by atoms with E-state index in [1.807, 2.05) is 30.3 Å². The Morgan fingerprint density at radius 2 is 1.79 bits per heavy atom. The van der Waals surface area contributed by atoms with Crippen molar-refractivity contribution in [2.75, 3.05) is 19.6 Å². The zero-order valence-electron chi connectivity index (χ0n) is 18.7. The van der Waals surface area contributed by atoms with Gasteiger partial charge in [0.15, 0.2) is 0 Å². The third kappa shape index (κ3) is 8.82.